The lowest BCUT2D eigenvalue weighted by Crippen LogP contribution is -2.16. The Morgan fingerprint density at radius 1 is 1.28 bits per heavy atom. The van der Waals surface area contributed by atoms with Crippen LogP contribution in [0.3, 0.4) is 0 Å². The van der Waals surface area contributed by atoms with Crippen LogP contribution in [0.25, 0.3) is 10.8 Å². The second-order valence-electron chi connectivity index (χ2n) is 5.45. The van der Waals surface area contributed by atoms with Gasteiger partial charge in [0.1, 0.15) is 5.82 Å². The summed E-state index contributed by atoms with van der Waals surface area (Å²) in [5.74, 6) is 2.26. The summed E-state index contributed by atoms with van der Waals surface area (Å²) in [5.41, 5.74) is 6.85. The summed E-state index contributed by atoms with van der Waals surface area (Å²) in [7, 11) is 0. The van der Waals surface area contributed by atoms with Crippen LogP contribution in [0.5, 0.6) is 0 Å². The average molecular weight is 241 g/mol. The highest BCUT2D eigenvalue weighted by molar-refractivity contribution is 5.94. The van der Waals surface area contributed by atoms with Crippen LogP contribution in [-0.4, -0.2) is 0 Å². The van der Waals surface area contributed by atoms with E-state index in [1.54, 1.807) is 6.07 Å². The van der Waals surface area contributed by atoms with E-state index in [9.17, 15) is 4.39 Å². The summed E-state index contributed by atoms with van der Waals surface area (Å²) in [6.45, 7) is 5.87. The zero-order chi connectivity index (χ0) is 13.5. The number of benzene rings is 2. The SMILES string of the molecule is C#Cc1cccc2cc(N)c(F)c(C(C)(C)C)c12. The third-order valence-electron chi connectivity index (χ3n) is 3.04. The van der Waals surface area contributed by atoms with Crippen molar-refractivity contribution in [3.63, 3.8) is 0 Å². The Morgan fingerprint density at radius 3 is 2.50 bits per heavy atom. The lowest BCUT2D eigenvalue weighted by molar-refractivity contribution is 0.531. The molecule has 0 saturated heterocycles. The molecule has 0 aliphatic heterocycles. The predicted molar refractivity (Wildman–Crippen MR) is 75.0 cm³/mol. The van der Waals surface area contributed by atoms with Crippen molar-refractivity contribution in [3.8, 4) is 12.3 Å². The Kier molecular flexibility index (Phi) is 2.78. The highest BCUT2D eigenvalue weighted by atomic mass is 19.1. The van der Waals surface area contributed by atoms with Gasteiger partial charge in [-0.2, -0.15) is 0 Å². The van der Waals surface area contributed by atoms with Crippen molar-refractivity contribution in [2.75, 3.05) is 5.73 Å². The number of nitrogens with two attached hydrogens (primary N) is 1. The van der Waals surface area contributed by atoms with Gasteiger partial charge in [0, 0.05) is 16.5 Å². The summed E-state index contributed by atoms with van der Waals surface area (Å²) in [5, 5.41) is 1.67. The molecule has 0 unspecified atom stereocenters. The molecule has 0 atom stereocenters. The van der Waals surface area contributed by atoms with Gasteiger partial charge >= 0.3 is 0 Å². The Morgan fingerprint density at radius 2 is 1.94 bits per heavy atom. The molecular formula is C16H16FN. The van der Waals surface area contributed by atoms with Crippen molar-refractivity contribution in [1.82, 2.24) is 0 Å². The minimum Gasteiger partial charge on any atom is -0.396 e. The summed E-state index contributed by atoms with van der Waals surface area (Å²) < 4.78 is 14.4. The number of anilines is 1. The molecule has 2 rings (SSSR count). The number of nitrogen functional groups attached to an aromatic ring is 1. The number of hydrogen-bond donors (Lipinski definition) is 1. The molecule has 0 heterocycles. The number of rotatable bonds is 0. The first kappa shape index (κ1) is 12.4. The molecule has 0 aliphatic rings. The Balaban J connectivity index is 3.06. The van der Waals surface area contributed by atoms with E-state index >= 15 is 0 Å². The molecule has 0 aromatic heterocycles. The zero-order valence-corrected chi connectivity index (χ0v) is 10.8. The van der Waals surface area contributed by atoms with E-state index in [-0.39, 0.29) is 16.9 Å². The van der Waals surface area contributed by atoms with Gasteiger partial charge in [-0.1, -0.05) is 38.8 Å². The van der Waals surface area contributed by atoms with Crippen molar-refractivity contribution in [2.45, 2.75) is 26.2 Å². The third kappa shape index (κ3) is 1.82. The van der Waals surface area contributed by atoms with Crippen LogP contribution >= 0.6 is 0 Å². The smallest absolute Gasteiger partial charge is 0.150 e. The van der Waals surface area contributed by atoms with E-state index in [0.29, 0.717) is 11.1 Å². The molecule has 92 valence electrons. The van der Waals surface area contributed by atoms with Gasteiger partial charge in [-0.3, -0.25) is 0 Å². The van der Waals surface area contributed by atoms with E-state index in [1.165, 1.54) is 0 Å². The first-order chi connectivity index (χ1) is 8.36. The minimum atomic E-state index is -0.363. The molecule has 2 heteroatoms. The molecule has 2 N–H and O–H groups in total. The number of terminal acetylenes is 1. The molecular weight excluding hydrogens is 225 g/mol. The monoisotopic (exact) mass is 241 g/mol. The highest BCUT2D eigenvalue weighted by Crippen LogP contribution is 2.36. The lowest BCUT2D eigenvalue weighted by atomic mass is 9.81. The summed E-state index contributed by atoms with van der Waals surface area (Å²) in [6, 6.07) is 7.23. The molecule has 0 spiro atoms. The Hall–Kier alpha value is -2.01. The lowest BCUT2D eigenvalue weighted by Gasteiger charge is -2.24. The van der Waals surface area contributed by atoms with Crippen molar-refractivity contribution < 1.29 is 4.39 Å². The van der Waals surface area contributed by atoms with E-state index in [2.05, 4.69) is 5.92 Å². The number of fused-ring (bicyclic) bond motifs is 1. The third-order valence-corrected chi connectivity index (χ3v) is 3.04. The first-order valence-electron chi connectivity index (χ1n) is 5.84. The summed E-state index contributed by atoms with van der Waals surface area (Å²) >= 11 is 0. The van der Waals surface area contributed by atoms with Gasteiger partial charge in [-0.05, 0) is 22.9 Å². The minimum absolute atomic E-state index is 0.168. The fourth-order valence-corrected chi connectivity index (χ4v) is 2.28. The molecule has 0 radical (unpaired) electrons. The molecule has 0 amide bonds. The van der Waals surface area contributed by atoms with Crippen LogP contribution < -0.4 is 5.73 Å². The Labute approximate surface area is 107 Å². The van der Waals surface area contributed by atoms with Gasteiger partial charge in [-0.25, -0.2) is 4.39 Å². The van der Waals surface area contributed by atoms with Gasteiger partial charge in [0.2, 0.25) is 0 Å². The average Bonchev–Trinajstić information content (AvgIpc) is 2.28. The van der Waals surface area contributed by atoms with E-state index in [4.69, 9.17) is 12.2 Å². The predicted octanol–water partition coefficient (Wildman–Crippen LogP) is 3.84. The van der Waals surface area contributed by atoms with Gasteiger partial charge < -0.3 is 5.73 Å². The molecule has 0 saturated carbocycles. The standard InChI is InChI=1S/C16H16FN/c1-5-10-7-6-8-11-9-12(18)15(17)14(13(10)11)16(2,3)4/h1,6-9H,18H2,2-4H3. The van der Waals surface area contributed by atoms with Crippen LogP contribution in [0.2, 0.25) is 0 Å². The number of halogens is 1. The molecule has 1 nitrogen and oxygen atoms in total. The fraction of sp³-hybridized carbons (Fsp3) is 0.250. The quantitative estimate of drug-likeness (QED) is 0.550. The van der Waals surface area contributed by atoms with E-state index < -0.39 is 0 Å². The maximum atomic E-state index is 14.4. The van der Waals surface area contributed by atoms with Crippen LogP contribution in [-0.2, 0) is 5.41 Å². The highest BCUT2D eigenvalue weighted by Gasteiger charge is 2.24. The Bertz CT molecular complexity index is 657. The van der Waals surface area contributed by atoms with Crippen LogP contribution in [0.1, 0.15) is 31.9 Å². The largest absolute Gasteiger partial charge is 0.396 e. The summed E-state index contributed by atoms with van der Waals surface area (Å²) in [4.78, 5) is 0. The van der Waals surface area contributed by atoms with Crippen molar-refractivity contribution in [3.05, 3.63) is 41.2 Å². The van der Waals surface area contributed by atoms with Gasteiger partial charge in [-0.15, -0.1) is 6.42 Å². The maximum Gasteiger partial charge on any atom is 0.150 e. The van der Waals surface area contributed by atoms with Crippen LogP contribution in [0, 0.1) is 18.2 Å². The molecule has 0 aliphatic carbocycles. The molecule has 2 aromatic rings. The fourth-order valence-electron chi connectivity index (χ4n) is 2.28. The van der Waals surface area contributed by atoms with Crippen molar-refractivity contribution in [1.29, 1.82) is 0 Å². The van der Waals surface area contributed by atoms with Crippen molar-refractivity contribution in [2.24, 2.45) is 0 Å². The first-order valence-corrected chi connectivity index (χ1v) is 5.84. The maximum absolute atomic E-state index is 14.4. The van der Waals surface area contributed by atoms with Gasteiger partial charge in [0.05, 0.1) is 5.69 Å². The second-order valence-corrected chi connectivity index (χ2v) is 5.45. The topological polar surface area (TPSA) is 26.0 Å². The van der Waals surface area contributed by atoms with Gasteiger partial charge in [0.25, 0.3) is 0 Å². The number of hydrogen-bond acceptors (Lipinski definition) is 1. The van der Waals surface area contributed by atoms with Crippen molar-refractivity contribution >= 4 is 16.5 Å². The van der Waals surface area contributed by atoms with Gasteiger partial charge in [0.15, 0.2) is 0 Å². The normalized spacial score (nSPS) is 11.5. The molecule has 2 aromatic carbocycles. The molecule has 0 bridgehead atoms. The van der Waals surface area contributed by atoms with Crippen LogP contribution in [0.15, 0.2) is 24.3 Å². The zero-order valence-electron chi connectivity index (χ0n) is 10.8. The van der Waals surface area contributed by atoms with E-state index in [1.807, 2.05) is 39.0 Å². The molecule has 0 fully saturated rings. The second kappa shape index (κ2) is 4.03. The molecule has 18 heavy (non-hydrogen) atoms. The van der Waals surface area contributed by atoms with E-state index in [0.717, 1.165) is 10.8 Å². The summed E-state index contributed by atoms with van der Waals surface area (Å²) in [6.07, 6.45) is 5.51. The van der Waals surface area contributed by atoms with Crippen LogP contribution in [0.4, 0.5) is 10.1 Å².